The van der Waals surface area contributed by atoms with Crippen molar-refractivity contribution in [3.8, 4) is 0 Å². The molecular formula is C47H89NO7. The highest BCUT2D eigenvalue weighted by Crippen LogP contribution is 2.21. The van der Waals surface area contributed by atoms with Crippen molar-refractivity contribution < 1.29 is 33.7 Å². The van der Waals surface area contributed by atoms with Gasteiger partial charge in [-0.25, -0.2) is 0 Å². The van der Waals surface area contributed by atoms with Crippen LogP contribution in [0.5, 0.6) is 0 Å². The van der Waals surface area contributed by atoms with Crippen LogP contribution in [0.3, 0.4) is 0 Å². The molecule has 0 bridgehead atoms. The first kappa shape index (κ1) is 51.3. The number of aliphatic hydroxyl groups excluding tert-OH is 1. The summed E-state index contributed by atoms with van der Waals surface area (Å²) in [7, 11) is 0. The van der Waals surface area contributed by atoms with Gasteiger partial charge in [-0.2, -0.15) is 0 Å². The van der Waals surface area contributed by atoms with Crippen molar-refractivity contribution >= 4 is 17.9 Å². The number of hydrogen-bond donors (Lipinski definition) is 1. The standard InChI is InChI=1S/C47H89NO7/c1-4-7-10-13-16-17-18-22-28-35-45(50)53-38-32-25-30-37-48-41-42(49)40-44(48)47(52)54-39-31-24-19-23-29-36-46(51)55-43(33-26-20-14-11-8-5-2)34-27-21-15-12-9-6-3/h42-44,49H,4-41H2,1-3H3/t42?,44-/m0/s1. The van der Waals surface area contributed by atoms with E-state index in [0.717, 1.165) is 96.4 Å². The van der Waals surface area contributed by atoms with E-state index in [1.54, 1.807) is 0 Å². The highest BCUT2D eigenvalue weighted by atomic mass is 16.5. The van der Waals surface area contributed by atoms with Crippen LogP contribution in [0.2, 0.25) is 0 Å². The second-order valence-corrected chi connectivity index (χ2v) is 16.7. The van der Waals surface area contributed by atoms with E-state index in [1.807, 2.05) is 4.90 Å². The molecule has 1 fully saturated rings. The second-order valence-electron chi connectivity index (χ2n) is 16.7. The van der Waals surface area contributed by atoms with Crippen LogP contribution in [0.4, 0.5) is 0 Å². The van der Waals surface area contributed by atoms with Crippen molar-refractivity contribution in [2.45, 2.75) is 257 Å². The van der Waals surface area contributed by atoms with E-state index >= 15 is 0 Å². The molecule has 0 aromatic heterocycles. The molecule has 1 rings (SSSR count). The molecule has 0 aromatic carbocycles. The van der Waals surface area contributed by atoms with E-state index in [4.69, 9.17) is 14.2 Å². The van der Waals surface area contributed by atoms with Crippen molar-refractivity contribution in [2.75, 3.05) is 26.3 Å². The maximum absolute atomic E-state index is 12.9. The predicted octanol–water partition coefficient (Wildman–Crippen LogP) is 12.4. The molecule has 1 saturated heterocycles. The van der Waals surface area contributed by atoms with Gasteiger partial charge in [0, 0.05) is 25.8 Å². The molecule has 0 aromatic rings. The Morgan fingerprint density at radius 3 is 1.47 bits per heavy atom. The summed E-state index contributed by atoms with van der Waals surface area (Å²) in [6.45, 7) is 8.81. The number of nitrogens with zero attached hydrogens (tertiary/aromatic N) is 1. The number of aliphatic hydroxyl groups is 1. The third kappa shape index (κ3) is 31.1. The van der Waals surface area contributed by atoms with Crippen LogP contribution in [0.1, 0.15) is 239 Å². The van der Waals surface area contributed by atoms with Gasteiger partial charge in [0.2, 0.25) is 0 Å². The fourth-order valence-electron chi connectivity index (χ4n) is 7.79. The lowest BCUT2D eigenvalue weighted by molar-refractivity contribution is -0.150. The maximum Gasteiger partial charge on any atom is 0.323 e. The molecule has 0 radical (unpaired) electrons. The minimum atomic E-state index is -0.507. The topological polar surface area (TPSA) is 102 Å². The summed E-state index contributed by atoms with van der Waals surface area (Å²) in [5.41, 5.74) is 0. The lowest BCUT2D eigenvalue weighted by Gasteiger charge is -2.22. The number of unbranched alkanes of at least 4 members (excludes halogenated alkanes) is 24. The Balaban J connectivity index is 2.13. The third-order valence-electron chi connectivity index (χ3n) is 11.3. The predicted molar refractivity (Wildman–Crippen MR) is 227 cm³/mol. The molecule has 1 heterocycles. The third-order valence-corrected chi connectivity index (χ3v) is 11.3. The SMILES string of the molecule is CCCCCCCCCCCC(=O)OCCCCCN1CC(O)C[C@H]1C(=O)OCCCCCCCC(=O)OC(CCCCCCCC)CCCCCCCC. The van der Waals surface area contributed by atoms with Crippen molar-refractivity contribution in [3.05, 3.63) is 0 Å². The molecule has 8 heteroatoms. The van der Waals surface area contributed by atoms with Gasteiger partial charge in [0.1, 0.15) is 12.1 Å². The molecular weight excluding hydrogens is 691 g/mol. The average Bonchev–Trinajstić information content (AvgIpc) is 3.55. The van der Waals surface area contributed by atoms with Gasteiger partial charge in [-0.1, -0.05) is 156 Å². The molecule has 8 nitrogen and oxygen atoms in total. The molecule has 1 aliphatic heterocycles. The zero-order valence-electron chi connectivity index (χ0n) is 36.4. The highest BCUT2D eigenvalue weighted by Gasteiger charge is 2.36. The molecule has 324 valence electrons. The Kier molecular flexibility index (Phi) is 35.4. The number of carbonyl (C=O) groups excluding carboxylic acids is 3. The average molecular weight is 780 g/mol. The van der Waals surface area contributed by atoms with E-state index in [0.29, 0.717) is 39.0 Å². The summed E-state index contributed by atoms with van der Waals surface area (Å²) in [4.78, 5) is 39.7. The Labute approximate surface area is 339 Å². The molecule has 1 N–H and O–H groups in total. The number of β-amino-alcohol motifs (C(OH)–C–C–N with tert-alkyl or cyclic N) is 1. The normalized spacial score (nSPS) is 15.9. The van der Waals surface area contributed by atoms with E-state index in [-0.39, 0.29) is 30.1 Å². The summed E-state index contributed by atoms with van der Waals surface area (Å²) in [5.74, 6) is -0.363. The minimum Gasteiger partial charge on any atom is -0.466 e. The van der Waals surface area contributed by atoms with Gasteiger partial charge in [0.15, 0.2) is 0 Å². The number of rotatable bonds is 40. The molecule has 55 heavy (non-hydrogen) atoms. The fraction of sp³-hybridized carbons (Fsp3) is 0.936. The molecule has 2 atom stereocenters. The molecule has 1 unspecified atom stereocenters. The van der Waals surface area contributed by atoms with Crippen molar-refractivity contribution in [2.24, 2.45) is 0 Å². The quantitative estimate of drug-likeness (QED) is 0.0373. The smallest absolute Gasteiger partial charge is 0.323 e. The van der Waals surface area contributed by atoms with Crippen LogP contribution in [-0.4, -0.2) is 72.5 Å². The summed E-state index contributed by atoms with van der Waals surface area (Å²) >= 11 is 0. The van der Waals surface area contributed by atoms with E-state index in [1.165, 1.54) is 109 Å². The lowest BCUT2D eigenvalue weighted by Crippen LogP contribution is -2.38. The van der Waals surface area contributed by atoms with Crippen molar-refractivity contribution in [1.29, 1.82) is 0 Å². The van der Waals surface area contributed by atoms with Crippen LogP contribution in [0.25, 0.3) is 0 Å². The van der Waals surface area contributed by atoms with Crippen LogP contribution >= 0.6 is 0 Å². The van der Waals surface area contributed by atoms with E-state index in [2.05, 4.69) is 20.8 Å². The van der Waals surface area contributed by atoms with Gasteiger partial charge in [-0.15, -0.1) is 0 Å². The van der Waals surface area contributed by atoms with Gasteiger partial charge in [0.25, 0.3) is 0 Å². The monoisotopic (exact) mass is 780 g/mol. The van der Waals surface area contributed by atoms with Gasteiger partial charge in [0.05, 0.1) is 19.3 Å². The van der Waals surface area contributed by atoms with Gasteiger partial charge in [-0.05, 0) is 70.8 Å². The van der Waals surface area contributed by atoms with Crippen LogP contribution in [-0.2, 0) is 28.6 Å². The van der Waals surface area contributed by atoms with E-state index < -0.39 is 6.10 Å². The summed E-state index contributed by atoms with van der Waals surface area (Å²) < 4.78 is 17.1. The van der Waals surface area contributed by atoms with Crippen LogP contribution < -0.4 is 0 Å². The zero-order chi connectivity index (χ0) is 40.0. The first-order chi connectivity index (χ1) is 26.9. The second kappa shape index (κ2) is 37.9. The van der Waals surface area contributed by atoms with Crippen LogP contribution in [0, 0.1) is 0 Å². The summed E-state index contributed by atoms with van der Waals surface area (Å²) in [5, 5.41) is 10.3. The molecule has 0 amide bonds. The Morgan fingerprint density at radius 1 is 0.527 bits per heavy atom. The summed E-state index contributed by atoms with van der Waals surface area (Å²) in [6, 6.07) is -0.388. The number of likely N-dealkylation sites (tertiary alicyclic amines) is 1. The minimum absolute atomic E-state index is 0.0396. The Morgan fingerprint density at radius 2 is 0.945 bits per heavy atom. The number of ether oxygens (including phenoxy) is 3. The lowest BCUT2D eigenvalue weighted by atomic mass is 10.0. The van der Waals surface area contributed by atoms with E-state index in [9.17, 15) is 19.5 Å². The van der Waals surface area contributed by atoms with Crippen molar-refractivity contribution in [3.63, 3.8) is 0 Å². The largest absolute Gasteiger partial charge is 0.466 e. The fourth-order valence-corrected chi connectivity index (χ4v) is 7.79. The molecule has 1 aliphatic rings. The molecule has 0 aliphatic carbocycles. The zero-order valence-corrected chi connectivity index (χ0v) is 36.4. The molecule has 0 saturated carbocycles. The number of carbonyl (C=O) groups is 3. The maximum atomic E-state index is 12.9. The summed E-state index contributed by atoms with van der Waals surface area (Å²) in [6.07, 6.45) is 36.5. The van der Waals surface area contributed by atoms with Gasteiger partial charge >= 0.3 is 17.9 Å². The number of esters is 3. The van der Waals surface area contributed by atoms with Crippen LogP contribution in [0.15, 0.2) is 0 Å². The van der Waals surface area contributed by atoms with Gasteiger partial charge < -0.3 is 19.3 Å². The first-order valence-corrected chi connectivity index (χ1v) is 23.8. The first-order valence-electron chi connectivity index (χ1n) is 23.8. The number of hydrogen-bond acceptors (Lipinski definition) is 8. The highest BCUT2D eigenvalue weighted by molar-refractivity contribution is 5.76. The Bertz CT molecular complexity index is 883. The molecule has 0 spiro atoms. The van der Waals surface area contributed by atoms with Gasteiger partial charge in [-0.3, -0.25) is 19.3 Å². The Hall–Kier alpha value is -1.67. The van der Waals surface area contributed by atoms with Crippen molar-refractivity contribution in [1.82, 2.24) is 4.90 Å².